The summed E-state index contributed by atoms with van der Waals surface area (Å²) in [6.07, 6.45) is -0.789. The fourth-order valence-corrected chi connectivity index (χ4v) is 4.03. The van der Waals surface area contributed by atoms with Crippen molar-refractivity contribution < 1.29 is 24.5 Å². The summed E-state index contributed by atoms with van der Waals surface area (Å²) in [6.45, 7) is 0.0895. The number of aliphatic hydroxyl groups excluding tert-OH is 1. The van der Waals surface area contributed by atoms with Crippen LogP contribution >= 0.6 is 11.8 Å². The Hall–Kier alpha value is -1.87. The number of carbonyl (C=O) groups is 2. The van der Waals surface area contributed by atoms with Gasteiger partial charge in [0.2, 0.25) is 5.91 Å². The average molecular weight is 350 g/mol. The highest BCUT2D eigenvalue weighted by atomic mass is 32.2. The molecule has 0 radical (unpaired) electrons. The van der Waals surface area contributed by atoms with E-state index in [1.54, 1.807) is 12.1 Å². The summed E-state index contributed by atoms with van der Waals surface area (Å²) in [5.41, 5.74) is 6.90. The number of β-lactam (4-membered cyclic amide) rings is 1. The summed E-state index contributed by atoms with van der Waals surface area (Å²) in [6, 6.07) is 8.42. The normalized spacial score (nSPS) is 24.4. The lowest BCUT2D eigenvalue weighted by Gasteiger charge is -2.48. The van der Waals surface area contributed by atoms with Crippen LogP contribution in [0.5, 0.6) is 0 Å². The number of carbonyl (C=O) groups excluding carboxylic acids is 1. The zero-order chi connectivity index (χ0) is 17.3. The van der Waals surface area contributed by atoms with E-state index in [-0.39, 0.29) is 30.2 Å². The lowest BCUT2D eigenvalue weighted by molar-refractivity contribution is -0.148. The number of benzene rings is 1. The van der Waals surface area contributed by atoms with E-state index in [1.165, 1.54) is 16.7 Å². The van der Waals surface area contributed by atoms with Gasteiger partial charge in [0.05, 0.1) is 13.2 Å². The Kier molecular flexibility index (Phi) is 4.91. The molecule has 2 heterocycles. The molecule has 1 aromatic carbocycles. The zero-order valence-corrected chi connectivity index (χ0v) is 13.6. The van der Waals surface area contributed by atoms with Crippen LogP contribution in [-0.2, 0) is 14.3 Å². The smallest absolute Gasteiger partial charge is 0.352 e. The van der Waals surface area contributed by atoms with E-state index in [2.05, 4.69) is 0 Å². The number of fused-ring (bicyclic) bond motifs is 1. The molecule has 8 heteroatoms. The first-order valence-electron chi connectivity index (χ1n) is 7.47. The molecule has 0 bridgehead atoms. The largest absolute Gasteiger partial charge is 0.477 e. The summed E-state index contributed by atoms with van der Waals surface area (Å²) in [4.78, 5) is 24.6. The van der Waals surface area contributed by atoms with Gasteiger partial charge in [-0.15, -0.1) is 11.8 Å². The Bertz CT molecular complexity index is 678. The van der Waals surface area contributed by atoms with Crippen molar-refractivity contribution in [2.75, 3.05) is 19.0 Å². The molecule has 0 aromatic heterocycles. The second kappa shape index (κ2) is 6.94. The van der Waals surface area contributed by atoms with Crippen LogP contribution < -0.4 is 5.73 Å². The first-order chi connectivity index (χ1) is 11.5. The Balaban J connectivity index is 1.65. The molecular weight excluding hydrogens is 332 g/mol. The standard InChI is InChI=1S/C16H18N2O5S/c17-12-14(20)18-13(16(21)22)10(8-24-15(12)18)6-23-7-11(19)9-4-2-1-3-5-9/h1-5,11-12,15,19H,6-8,17H2,(H,21,22)/t11?,12-,15+/m1/s1. The SMILES string of the molecule is N[C@@H]1C(=O)N2C(C(=O)O)=C(COCC(O)c3ccccc3)CS[C@@H]12. The van der Waals surface area contributed by atoms with Crippen LogP contribution in [0.4, 0.5) is 0 Å². The van der Waals surface area contributed by atoms with Gasteiger partial charge in [-0.1, -0.05) is 30.3 Å². The molecule has 2 aliphatic heterocycles. The number of carboxylic acids is 1. The second-order valence-electron chi connectivity index (χ2n) is 5.63. The molecule has 0 spiro atoms. The number of hydrogen-bond acceptors (Lipinski definition) is 6. The van der Waals surface area contributed by atoms with Crippen molar-refractivity contribution >= 4 is 23.6 Å². The number of nitrogens with two attached hydrogens (primary N) is 1. The van der Waals surface area contributed by atoms with E-state index in [0.717, 1.165) is 5.56 Å². The summed E-state index contributed by atoms with van der Waals surface area (Å²) in [7, 11) is 0. The Morgan fingerprint density at radius 2 is 2.12 bits per heavy atom. The third-order valence-corrected chi connectivity index (χ3v) is 5.39. The molecule has 0 saturated carbocycles. The monoisotopic (exact) mass is 350 g/mol. The average Bonchev–Trinajstić information content (AvgIpc) is 2.60. The molecule has 3 atom stereocenters. The molecule has 1 unspecified atom stereocenters. The molecule has 2 aliphatic rings. The minimum atomic E-state index is -1.16. The van der Waals surface area contributed by atoms with Crippen molar-refractivity contribution in [2.24, 2.45) is 5.73 Å². The maximum absolute atomic E-state index is 11.8. The molecule has 1 amide bonds. The minimum absolute atomic E-state index is 0.0420. The van der Waals surface area contributed by atoms with Gasteiger partial charge in [-0.05, 0) is 11.1 Å². The van der Waals surface area contributed by atoms with Gasteiger partial charge in [-0.2, -0.15) is 0 Å². The predicted octanol–water partition coefficient (Wildman–Crippen LogP) is 0.318. The van der Waals surface area contributed by atoms with Crippen LogP contribution in [0, 0.1) is 0 Å². The van der Waals surface area contributed by atoms with Gasteiger partial charge in [-0.25, -0.2) is 4.79 Å². The Morgan fingerprint density at radius 3 is 2.79 bits per heavy atom. The predicted molar refractivity (Wildman–Crippen MR) is 88.0 cm³/mol. The van der Waals surface area contributed by atoms with E-state index in [4.69, 9.17) is 10.5 Å². The Morgan fingerprint density at radius 1 is 1.42 bits per heavy atom. The first kappa shape index (κ1) is 17.0. The van der Waals surface area contributed by atoms with Gasteiger partial charge in [-0.3, -0.25) is 9.69 Å². The molecule has 4 N–H and O–H groups in total. The maximum atomic E-state index is 11.8. The van der Waals surface area contributed by atoms with E-state index < -0.39 is 18.1 Å². The fraction of sp³-hybridized carbons (Fsp3) is 0.375. The Labute approximate surface area is 143 Å². The molecule has 24 heavy (non-hydrogen) atoms. The summed E-state index contributed by atoms with van der Waals surface area (Å²) >= 11 is 1.43. The van der Waals surface area contributed by atoms with Crippen molar-refractivity contribution in [3.05, 3.63) is 47.2 Å². The third kappa shape index (κ3) is 3.05. The minimum Gasteiger partial charge on any atom is -0.477 e. The van der Waals surface area contributed by atoms with Crippen LogP contribution in [0.15, 0.2) is 41.6 Å². The molecule has 1 saturated heterocycles. The van der Waals surface area contributed by atoms with Crippen molar-refractivity contribution in [1.29, 1.82) is 0 Å². The highest BCUT2D eigenvalue weighted by Gasteiger charge is 2.51. The number of rotatable bonds is 6. The van der Waals surface area contributed by atoms with E-state index in [1.807, 2.05) is 18.2 Å². The summed E-state index contributed by atoms with van der Waals surface area (Å²) in [5.74, 6) is -1.11. The number of hydrogen-bond donors (Lipinski definition) is 3. The number of amides is 1. The lowest BCUT2D eigenvalue weighted by Crippen LogP contribution is -2.68. The van der Waals surface area contributed by atoms with Crippen molar-refractivity contribution in [3.8, 4) is 0 Å². The van der Waals surface area contributed by atoms with Gasteiger partial charge >= 0.3 is 5.97 Å². The summed E-state index contributed by atoms with van der Waals surface area (Å²) < 4.78 is 5.49. The van der Waals surface area contributed by atoms with E-state index in [9.17, 15) is 19.8 Å². The topological polar surface area (TPSA) is 113 Å². The molecule has 1 aromatic rings. The van der Waals surface area contributed by atoms with E-state index >= 15 is 0 Å². The quantitative estimate of drug-likeness (QED) is 0.633. The highest BCUT2D eigenvalue weighted by molar-refractivity contribution is 8.00. The van der Waals surface area contributed by atoms with Gasteiger partial charge in [0, 0.05) is 5.75 Å². The molecule has 3 rings (SSSR count). The van der Waals surface area contributed by atoms with Gasteiger partial charge in [0.25, 0.3) is 0 Å². The van der Waals surface area contributed by atoms with Crippen LogP contribution in [0.25, 0.3) is 0 Å². The number of thioether (sulfide) groups is 1. The number of aliphatic carboxylic acids is 1. The molecule has 1 fully saturated rings. The van der Waals surface area contributed by atoms with Crippen LogP contribution in [-0.4, -0.2) is 57.4 Å². The third-order valence-electron chi connectivity index (χ3n) is 4.03. The number of aliphatic hydroxyl groups is 1. The van der Waals surface area contributed by atoms with Crippen molar-refractivity contribution in [2.45, 2.75) is 17.5 Å². The second-order valence-corrected chi connectivity index (χ2v) is 6.74. The highest BCUT2D eigenvalue weighted by Crippen LogP contribution is 2.39. The van der Waals surface area contributed by atoms with Gasteiger partial charge in [0.1, 0.15) is 23.2 Å². The molecule has 0 aliphatic carbocycles. The summed E-state index contributed by atoms with van der Waals surface area (Å²) in [5, 5.41) is 19.2. The lowest BCUT2D eigenvalue weighted by atomic mass is 10.0. The molecule has 7 nitrogen and oxygen atoms in total. The van der Waals surface area contributed by atoms with Crippen LogP contribution in [0.2, 0.25) is 0 Å². The van der Waals surface area contributed by atoms with Gasteiger partial charge < -0.3 is 20.7 Å². The van der Waals surface area contributed by atoms with Crippen LogP contribution in [0.1, 0.15) is 11.7 Å². The van der Waals surface area contributed by atoms with Crippen LogP contribution in [0.3, 0.4) is 0 Å². The van der Waals surface area contributed by atoms with Crippen molar-refractivity contribution in [3.63, 3.8) is 0 Å². The van der Waals surface area contributed by atoms with E-state index in [0.29, 0.717) is 11.3 Å². The first-order valence-corrected chi connectivity index (χ1v) is 8.52. The number of ether oxygens (including phenoxy) is 1. The number of nitrogens with zero attached hydrogens (tertiary/aromatic N) is 1. The van der Waals surface area contributed by atoms with Crippen molar-refractivity contribution in [1.82, 2.24) is 4.90 Å². The molecular formula is C16H18N2O5S. The van der Waals surface area contributed by atoms with Gasteiger partial charge in [0.15, 0.2) is 0 Å². The molecule has 128 valence electrons. The zero-order valence-electron chi connectivity index (χ0n) is 12.8. The number of carboxylic acid groups (broad SMARTS) is 1. The maximum Gasteiger partial charge on any atom is 0.352 e. The fourth-order valence-electron chi connectivity index (χ4n) is 2.76.